The fraction of sp³-hybridized carbons (Fsp3) is 0.158. The fourth-order valence-corrected chi connectivity index (χ4v) is 3.61. The first-order valence-electron chi connectivity index (χ1n) is 8.09. The van der Waals surface area contributed by atoms with Crippen LogP contribution in [0.2, 0.25) is 0 Å². The minimum atomic E-state index is -0.675. The molecule has 0 bridgehead atoms. The minimum Gasteiger partial charge on any atom is -0.495 e. The molecule has 1 heterocycles. The second-order valence-corrected chi connectivity index (χ2v) is 6.73. The Morgan fingerprint density at radius 3 is 2.63 bits per heavy atom. The molecule has 1 fully saturated rings. The molecule has 0 aromatic heterocycles. The van der Waals surface area contributed by atoms with Gasteiger partial charge in [-0.25, -0.2) is 9.89 Å². The third-order valence-electron chi connectivity index (χ3n) is 3.83. The van der Waals surface area contributed by atoms with Gasteiger partial charge in [-0.3, -0.25) is 14.9 Å². The van der Waals surface area contributed by atoms with Crippen molar-refractivity contribution in [2.75, 3.05) is 12.0 Å². The summed E-state index contributed by atoms with van der Waals surface area (Å²) in [4.78, 5) is 30.8. The predicted octanol–water partition coefficient (Wildman–Crippen LogP) is 2.82. The average molecular weight is 380 g/mol. The Labute approximate surface area is 160 Å². The lowest BCUT2D eigenvalue weighted by Crippen LogP contribution is -2.32. The number of aliphatic imine (C=N–C) groups is 1. The van der Waals surface area contributed by atoms with Crippen molar-refractivity contribution in [2.24, 2.45) is 4.99 Å². The van der Waals surface area contributed by atoms with Gasteiger partial charge in [0.2, 0.25) is 11.8 Å². The van der Waals surface area contributed by atoms with Crippen molar-refractivity contribution in [3.8, 4) is 11.9 Å². The fourth-order valence-electron chi connectivity index (χ4n) is 2.65. The van der Waals surface area contributed by atoms with Crippen LogP contribution in [0.3, 0.4) is 0 Å². The lowest BCUT2D eigenvalue weighted by atomic mass is 10.2. The van der Waals surface area contributed by atoms with Gasteiger partial charge in [-0.15, -0.1) is 0 Å². The molecule has 2 aromatic carbocycles. The van der Waals surface area contributed by atoms with Gasteiger partial charge in [-0.05, 0) is 24.3 Å². The second kappa shape index (κ2) is 8.38. The third kappa shape index (κ3) is 4.10. The van der Waals surface area contributed by atoms with Gasteiger partial charge in [-0.1, -0.05) is 42.1 Å². The lowest BCUT2D eigenvalue weighted by Gasteiger charge is -2.17. The van der Waals surface area contributed by atoms with E-state index in [1.54, 1.807) is 36.4 Å². The summed E-state index contributed by atoms with van der Waals surface area (Å²) in [7, 11) is 1.48. The van der Waals surface area contributed by atoms with Crippen LogP contribution < -0.4 is 15.0 Å². The van der Waals surface area contributed by atoms with Crippen molar-refractivity contribution >= 4 is 40.1 Å². The number of carbonyl (C=O) groups excluding carboxylic acids is 2. The molecule has 2 amide bonds. The smallest absolute Gasteiger partial charge is 0.248 e. The van der Waals surface area contributed by atoms with E-state index in [1.165, 1.54) is 7.11 Å². The first kappa shape index (κ1) is 18.5. The molecule has 0 saturated carbocycles. The maximum Gasteiger partial charge on any atom is 0.248 e. The molecule has 0 radical (unpaired) electrons. The molecule has 1 N–H and O–H groups in total. The largest absolute Gasteiger partial charge is 0.495 e. The molecule has 3 rings (SSSR count). The van der Waals surface area contributed by atoms with Crippen LogP contribution in [0.25, 0.3) is 0 Å². The van der Waals surface area contributed by atoms with E-state index < -0.39 is 5.25 Å². The number of amides is 2. The van der Waals surface area contributed by atoms with Crippen LogP contribution in [0.5, 0.6) is 5.75 Å². The van der Waals surface area contributed by atoms with Crippen molar-refractivity contribution in [2.45, 2.75) is 11.7 Å². The summed E-state index contributed by atoms with van der Waals surface area (Å²) in [6.07, 6.45) is 1.83. The molecule has 1 atom stereocenters. The zero-order chi connectivity index (χ0) is 19.2. The van der Waals surface area contributed by atoms with Crippen LogP contribution >= 0.6 is 11.8 Å². The molecule has 8 heteroatoms. The number of ether oxygens (including phenoxy) is 1. The van der Waals surface area contributed by atoms with Crippen LogP contribution in [0.4, 0.5) is 11.4 Å². The topological polar surface area (TPSA) is 94.8 Å². The molecule has 0 unspecified atom stereocenters. The number of nitrogens with zero attached hydrogens (tertiary/aromatic N) is 3. The summed E-state index contributed by atoms with van der Waals surface area (Å²) in [6, 6.07) is 15.9. The average Bonchev–Trinajstić information content (AvgIpc) is 2.96. The first-order valence-corrected chi connectivity index (χ1v) is 8.97. The van der Waals surface area contributed by atoms with Crippen molar-refractivity contribution in [3.05, 3.63) is 54.6 Å². The van der Waals surface area contributed by atoms with Crippen molar-refractivity contribution in [1.29, 1.82) is 5.26 Å². The van der Waals surface area contributed by atoms with E-state index in [0.717, 1.165) is 16.7 Å². The molecular formula is C19H16N4O3S. The Bertz CT molecular complexity index is 924. The summed E-state index contributed by atoms with van der Waals surface area (Å²) in [5.74, 6) is -0.244. The van der Waals surface area contributed by atoms with Gasteiger partial charge in [0.1, 0.15) is 11.0 Å². The minimum absolute atomic E-state index is 0.0163. The number of thioether (sulfide) groups is 1. The van der Waals surface area contributed by atoms with Crippen LogP contribution in [0.1, 0.15) is 6.42 Å². The highest BCUT2D eigenvalue weighted by Crippen LogP contribution is 2.35. The van der Waals surface area contributed by atoms with Gasteiger partial charge in [0.25, 0.3) is 0 Å². The molecule has 136 valence electrons. The second-order valence-electron chi connectivity index (χ2n) is 5.54. The van der Waals surface area contributed by atoms with Crippen molar-refractivity contribution in [3.63, 3.8) is 0 Å². The summed E-state index contributed by atoms with van der Waals surface area (Å²) in [5, 5.41) is 11.0. The summed E-state index contributed by atoms with van der Waals surface area (Å²) in [6.45, 7) is 0. The van der Waals surface area contributed by atoms with E-state index in [-0.39, 0.29) is 23.4 Å². The maximum absolute atomic E-state index is 12.8. The molecule has 7 nitrogen and oxygen atoms in total. The maximum atomic E-state index is 12.8. The Kier molecular flexibility index (Phi) is 5.74. The standard InChI is InChI=1S/C19H16N4O3S/c1-26-15-10-6-5-9-14(15)23-17(24)11-16(18(23)25)27-19(21-12-20)22-13-7-3-2-4-8-13/h2-10,16H,11H2,1H3,(H,21,22)/t16-/m1/s1. The van der Waals surface area contributed by atoms with Crippen LogP contribution in [0, 0.1) is 11.5 Å². The number of imide groups is 1. The van der Waals surface area contributed by atoms with Crippen LogP contribution in [-0.2, 0) is 9.59 Å². The van der Waals surface area contributed by atoms with Crippen molar-refractivity contribution in [1.82, 2.24) is 5.32 Å². The molecular weight excluding hydrogens is 364 g/mol. The first-order chi connectivity index (χ1) is 13.1. The number of para-hydroxylation sites is 3. The SMILES string of the molecule is COc1ccccc1N1C(=O)C[C@@H](SC(=Nc2ccccc2)NC#N)C1=O. The van der Waals surface area contributed by atoms with Crippen LogP contribution in [-0.4, -0.2) is 29.3 Å². The van der Waals surface area contributed by atoms with Gasteiger partial charge in [0.05, 0.1) is 18.5 Å². The zero-order valence-electron chi connectivity index (χ0n) is 14.5. The Hall–Kier alpha value is -3.31. The number of carbonyl (C=O) groups is 2. The highest BCUT2D eigenvalue weighted by atomic mass is 32.2. The Morgan fingerprint density at radius 2 is 1.93 bits per heavy atom. The highest BCUT2D eigenvalue weighted by Gasteiger charge is 2.41. The molecule has 27 heavy (non-hydrogen) atoms. The normalized spacial score (nSPS) is 17.0. The summed E-state index contributed by atoms with van der Waals surface area (Å²) >= 11 is 1.06. The molecule has 0 aliphatic carbocycles. The van der Waals surface area contributed by atoms with Gasteiger partial charge in [0.15, 0.2) is 11.4 Å². The van der Waals surface area contributed by atoms with Gasteiger partial charge >= 0.3 is 0 Å². The van der Waals surface area contributed by atoms with E-state index in [0.29, 0.717) is 17.1 Å². The predicted molar refractivity (Wildman–Crippen MR) is 104 cm³/mol. The molecule has 0 spiro atoms. The van der Waals surface area contributed by atoms with Gasteiger partial charge < -0.3 is 4.74 Å². The Balaban J connectivity index is 1.83. The monoisotopic (exact) mass is 380 g/mol. The lowest BCUT2D eigenvalue weighted by molar-refractivity contribution is -0.121. The summed E-state index contributed by atoms with van der Waals surface area (Å²) < 4.78 is 5.26. The molecule has 2 aromatic rings. The Morgan fingerprint density at radius 1 is 1.22 bits per heavy atom. The number of amidine groups is 1. The highest BCUT2D eigenvalue weighted by molar-refractivity contribution is 8.15. The number of nitriles is 1. The summed E-state index contributed by atoms with van der Waals surface area (Å²) in [5.41, 5.74) is 1.05. The quantitative estimate of drug-likeness (QED) is 0.288. The number of methoxy groups -OCH3 is 1. The molecule has 1 saturated heterocycles. The zero-order valence-corrected chi connectivity index (χ0v) is 15.3. The number of nitrogens with one attached hydrogen (secondary N) is 1. The number of hydrogen-bond acceptors (Lipinski definition) is 6. The van der Waals surface area contributed by atoms with E-state index >= 15 is 0 Å². The molecule has 1 aliphatic rings. The van der Waals surface area contributed by atoms with Crippen LogP contribution in [0.15, 0.2) is 59.6 Å². The van der Waals surface area contributed by atoms with Gasteiger partial charge in [0, 0.05) is 6.42 Å². The number of hydrogen-bond donors (Lipinski definition) is 1. The molecule has 1 aliphatic heterocycles. The number of anilines is 1. The van der Waals surface area contributed by atoms with Crippen molar-refractivity contribution < 1.29 is 14.3 Å². The third-order valence-corrected chi connectivity index (χ3v) is 4.90. The van der Waals surface area contributed by atoms with Gasteiger partial charge in [-0.2, -0.15) is 5.26 Å². The van der Waals surface area contributed by atoms with E-state index in [9.17, 15) is 9.59 Å². The number of rotatable bonds is 4. The number of benzene rings is 2. The van der Waals surface area contributed by atoms with E-state index in [4.69, 9.17) is 10.00 Å². The van der Waals surface area contributed by atoms with E-state index in [2.05, 4.69) is 10.3 Å². The van der Waals surface area contributed by atoms with E-state index in [1.807, 2.05) is 24.4 Å².